The number of methoxy groups -OCH3 is 1. The van der Waals surface area contributed by atoms with Crippen molar-refractivity contribution in [3.8, 4) is 5.75 Å². The lowest BCUT2D eigenvalue weighted by atomic mass is 9.92. The molecule has 25 heavy (non-hydrogen) atoms. The number of amides is 1. The molecule has 0 fully saturated rings. The van der Waals surface area contributed by atoms with Crippen molar-refractivity contribution in [2.75, 3.05) is 20.3 Å². The number of halogens is 1. The fourth-order valence-electron chi connectivity index (χ4n) is 2.23. The molecular formula is C19H25ClN2O3. The van der Waals surface area contributed by atoms with E-state index >= 15 is 0 Å². The second-order valence-electron chi connectivity index (χ2n) is 5.74. The number of hydrogen-bond acceptors (Lipinski definition) is 4. The second-order valence-corrected chi connectivity index (χ2v) is 5.74. The average molecular weight is 365 g/mol. The summed E-state index contributed by atoms with van der Waals surface area (Å²) in [7, 11) is 1.63. The van der Waals surface area contributed by atoms with Crippen molar-refractivity contribution in [1.82, 2.24) is 5.32 Å². The third-order valence-electron chi connectivity index (χ3n) is 3.78. The minimum Gasteiger partial charge on any atom is -0.491 e. The van der Waals surface area contributed by atoms with Crippen LogP contribution in [-0.2, 0) is 21.6 Å². The molecule has 1 amide bonds. The van der Waals surface area contributed by atoms with Gasteiger partial charge in [-0.05, 0) is 30.2 Å². The summed E-state index contributed by atoms with van der Waals surface area (Å²) in [5.74, 6) is 0.559. The van der Waals surface area contributed by atoms with Crippen LogP contribution in [0.25, 0.3) is 0 Å². The van der Waals surface area contributed by atoms with Crippen LogP contribution >= 0.6 is 12.4 Å². The van der Waals surface area contributed by atoms with E-state index < -0.39 is 5.54 Å². The van der Waals surface area contributed by atoms with E-state index in [0.717, 1.165) is 16.9 Å². The van der Waals surface area contributed by atoms with Gasteiger partial charge in [0.25, 0.3) is 0 Å². The molecule has 2 rings (SSSR count). The molecule has 0 radical (unpaired) electrons. The Kier molecular flexibility index (Phi) is 8.41. The predicted octanol–water partition coefficient (Wildman–Crippen LogP) is 2.62. The molecule has 136 valence electrons. The molecule has 2 aromatic rings. The maximum Gasteiger partial charge on any atom is 0.244 e. The highest BCUT2D eigenvalue weighted by Crippen LogP contribution is 2.18. The van der Waals surface area contributed by atoms with Crippen molar-refractivity contribution in [2.24, 2.45) is 5.73 Å². The monoisotopic (exact) mass is 364 g/mol. The van der Waals surface area contributed by atoms with Crippen molar-refractivity contribution >= 4 is 18.3 Å². The lowest BCUT2D eigenvalue weighted by molar-refractivity contribution is -0.126. The second kappa shape index (κ2) is 10.0. The van der Waals surface area contributed by atoms with Gasteiger partial charge in [-0.15, -0.1) is 12.4 Å². The molecule has 1 unspecified atom stereocenters. The van der Waals surface area contributed by atoms with Crippen LogP contribution in [0.4, 0.5) is 0 Å². The van der Waals surface area contributed by atoms with Crippen molar-refractivity contribution in [3.05, 3.63) is 65.7 Å². The van der Waals surface area contributed by atoms with Crippen LogP contribution in [0.5, 0.6) is 5.75 Å². The van der Waals surface area contributed by atoms with Crippen LogP contribution in [0.3, 0.4) is 0 Å². The highest BCUT2D eigenvalue weighted by Gasteiger charge is 2.29. The van der Waals surface area contributed by atoms with Crippen LogP contribution in [0.15, 0.2) is 54.6 Å². The standard InChI is InChI=1S/C19H24N2O3.ClH/c1-19(20,16-6-4-3-5-7-16)18(22)21-14-15-8-10-17(11-9-15)24-13-12-23-2;/h3-11H,12-14,20H2,1-2H3,(H,21,22);1H. The fourth-order valence-corrected chi connectivity index (χ4v) is 2.23. The molecule has 6 heteroatoms. The van der Waals surface area contributed by atoms with Crippen molar-refractivity contribution in [1.29, 1.82) is 0 Å². The third kappa shape index (κ3) is 6.05. The van der Waals surface area contributed by atoms with Gasteiger partial charge in [0.05, 0.1) is 6.61 Å². The Hall–Kier alpha value is -2.08. The summed E-state index contributed by atoms with van der Waals surface area (Å²) in [5, 5.41) is 2.88. The van der Waals surface area contributed by atoms with Crippen molar-refractivity contribution < 1.29 is 14.3 Å². The minimum atomic E-state index is -1.07. The molecule has 0 aromatic heterocycles. The molecular weight excluding hydrogens is 340 g/mol. The van der Waals surface area contributed by atoms with E-state index in [0.29, 0.717) is 19.8 Å². The molecule has 0 heterocycles. The number of rotatable bonds is 8. The Morgan fingerprint density at radius 1 is 1.08 bits per heavy atom. The molecule has 1 atom stereocenters. The highest BCUT2D eigenvalue weighted by molar-refractivity contribution is 5.87. The van der Waals surface area contributed by atoms with Gasteiger partial charge >= 0.3 is 0 Å². The smallest absolute Gasteiger partial charge is 0.244 e. The number of benzene rings is 2. The summed E-state index contributed by atoms with van der Waals surface area (Å²) in [4.78, 5) is 12.4. The van der Waals surface area contributed by atoms with Crippen molar-refractivity contribution in [2.45, 2.75) is 19.0 Å². The molecule has 0 bridgehead atoms. The number of nitrogens with one attached hydrogen (secondary N) is 1. The maximum absolute atomic E-state index is 12.4. The Balaban J connectivity index is 0.00000312. The summed E-state index contributed by atoms with van der Waals surface area (Å²) in [6, 6.07) is 16.9. The zero-order valence-electron chi connectivity index (χ0n) is 14.5. The third-order valence-corrected chi connectivity index (χ3v) is 3.78. The Morgan fingerprint density at radius 3 is 2.32 bits per heavy atom. The van der Waals surface area contributed by atoms with E-state index in [9.17, 15) is 4.79 Å². The van der Waals surface area contributed by atoms with Crippen molar-refractivity contribution in [3.63, 3.8) is 0 Å². The quantitative estimate of drug-likeness (QED) is 0.706. The molecule has 2 aromatic carbocycles. The lowest BCUT2D eigenvalue weighted by Crippen LogP contribution is -2.48. The fraction of sp³-hybridized carbons (Fsp3) is 0.316. The van der Waals surface area contributed by atoms with Crippen LogP contribution < -0.4 is 15.8 Å². The zero-order chi connectivity index (χ0) is 17.4. The topological polar surface area (TPSA) is 73.6 Å². The first-order valence-electron chi connectivity index (χ1n) is 7.87. The van der Waals surface area contributed by atoms with Gasteiger partial charge in [-0.25, -0.2) is 0 Å². The Morgan fingerprint density at radius 2 is 1.72 bits per heavy atom. The highest BCUT2D eigenvalue weighted by atomic mass is 35.5. The first-order chi connectivity index (χ1) is 11.5. The number of hydrogen-bond donors (Lipinski definition) is 2. The number of nitrogens with two attached hydrogens (primary N) is 1. The summed E-state index contributed by atoms with van der Waals surface area (Å²) in [6.07, 6.45) is 0. The van der Waals surface area contributed by atoms with E-state index in [2.05, 4.69) is 5.32 Å². The van der Waals surface area contributed by atoms with E-state index in [1.807, 2.05) is 54.6 Å². The molecule has 0 aliphatic heterocycles. The van der Waals surface area contributed by atoms with Gasteiger partial charge in [0.1, 0.15) is 17.9 Å². The number of carbonyl (C=O) groups is 1. The van der Waals surface area contributed by atoms with E-state index in [1.54, 1.807) is 14.0 Å². The average Bonchev–Trinajstić information content (AvgIpc) is 2.61. The molecule has 3 N–H and O–H groups in total. The largest absolute Gasteiger partial charge is 0.491 e. The van der Waals surface area contributed by atoms with Gasteiger partial charge in [0.15, 0.2) is 0 Å². The van der Waals surface area contributed by atoms with E-state index in [4.69, 9.17) is 15.2 Å². The Labute approximate surface area is 154 Å². The normalized spacial score (nSPS) is 12.6. The Bertz CT molecular complexity index is 645. The van der Waals surface area contributed by atoms with Gasteiger partial charge in [-0.2, -0.15) is 0 Å². The van der Waals surface area contributed by atoms with Gasteiger partial charge in [0, 0.05) is 13.7 Å². The van der Waals surface area contributed by atoms with Gasteiger partial charge in [0.2, 0.25) is 5.91 Å². The molecule has 0 spiro atoms. The number of ether oxygens (including phenoxy) is 2. The summed E-state index contributed by atoms with van der Waals surface area (Å²) in [5.41, 5.74) is 6.89. The van der Waals surface area contributed by atoms with Crippen LogP contribution in [-0.4, -0.2) is 26.2 Å². The first-order valence-corrected chi connectivity index (χ1v) is 7.87. The van der Waals surface area contributed by atoms with Gasteiger partial charge < -0.3 is 20.5 Å². The summed E-state index contributed by atoms with van der Waals surface area (Å²) < 4.78 is 10.4. The zero-order valence-corrected chi connectivity index (χ0v) is 15.3. The molecule has 5 nitrogen and oxygen atoms in total. The molecule has 0 saturated carbocycles. The van der Waals surface area contributed by atoms with E-state index in [-0.39, 0.29) is 18.3 Å². The minimum absolute atomic E-state index is 0. The van der Waals surface area contributed by atoms with Gasteiger partial charge in [-0.1, -0.05) is 42.5 Å². The van der Waals surface area contributed by atoms with Crippen LogP contribution in [0, 0.1) is 0 Å². The molecule has 0 aliphatic carbocycles. The number of carbonyl (C=O) groups excluding carboxylic acids is 1. The summed E-state index contributed by atoms with van der Waals surface area (Å²) in [6.45, 7) is 3.18. The van der Waals surface area contributed by atoms with E-state index in [1.165, 1.54) is 0 Å². The predicted molar refractivity (Wildman–Crippen MR) is 101 cm³/mol. The SMILES string of the molecule is COCCOc1ccc(CNC(=O)C(C)(N)c2ccccc2)cc1.Cl. The molecule has 0 aliphatic rings. The lowest BCUT2D eigenvalue weighted by Gasteiger charge is -2.24. The van der Waals surface area contributed by atoms with Crippen LogP contribution in [0.2, 0.25) is 0 Å². The molecule has 0 saturated heterocycles. The first kappa shape index (κ1) is 21.0. The summed E-state index contributed by atoms with van der Waals surface area (Å²) >= 11 is 0. The van der Waals surface area contributed by atoms with Gasteiger partial charge in [-0.3, -0.25) is 4.79 Å². The van der Waals surface area contributed by atoms with Crippen LogP contribution in [0.1, 0.15) is 18.1 Å². The maximum atomic E-state index is 12.4.